The van der Waals surface area contributed by atoms with E-state index in [1.54, 1.807) is 6.92 Å². The molecule has 0 aliphatic carbocycles. The Labute approximate surface area is 63.7 Å². The van der Waals surface area contributed by atoms with E-state index in [0.29, 0.717) is 6.61 Å². The molecule has 0 radical (unpaired) electrons. The van der Waals surface area contributed by atoms with E-state index in [0.717, 1.165) is 0 Å². The van der Waals surface area contributed by atoms with Crippen molar-refractivity contribution in [3.05, 3.63) is 0 Å². The van der Waals surface area contributed by atoms with E-state index < -0.39 is 12.2 Å². The highest BCUT2D eigenvalue weighted by molar-refractivity contribution is 4.72. The van der Waals surface area contributed by atoms with E-state index in [-0.39, 0.29) is 6.61 Å². The number of hydrogen-bond acceptors (Lipinski definition) is 2. The topological polar surface area (TPSA) is 21.3 Å². The summed E-state index contributed by atoms with van der Waals surface area (Å²) >= 11 is 0. The van der Waals surface area contributed by atoms with Crippen molar-refractivity contribution in [2.24, 2.45) is 0 Å². The summed E-state index contributed by atoms with van der Waals surface area (Å²) in [5.74, 6) is 0. The average Bonchev–Trinajstić information content (AvgIpc) is 1.87. The Morgan fingerprint density at radius 1 is 1.45 bits per heavy atom. The predicted molar refractivity (Wildman–Crippen MR) is 35.4 cm³/mol. The lowest BCUT2D eigenvalue weighted by Gasteiger charge is -2.18. The smallest absolute Gasteiger partial charge is 0.380 e. The fourth-order valence-electron chi connectivity index (χ4n) is 0.577. The molecule has 0 aromatic carbocycles. The van der Waals surface area contributed by atoms with Gasteiger partial charge in [0.15, 0.2) is 0 Å². The lowest BCUT2D eigenvalue weighted by Crippen LogP contribution is -2.43. The molecule has 0 aliphatic rings. The first-order chi connectivity index (χ1) is 5.02. The minimum absolute atomic E-state index is 0.300. The molecule has 0 amide bonds. The maximum Gasteiger partial charge on any atom is 0.406 e. The van der Waals surface area contributed by atoms with Crippen molar-refractivity contribution in [1.82, 2.24) is 5.32 Å². The van der Waals surface area contributed by atoms with E-state index in [4.69, 9.17) is 0 Å². The number of likely N-dealkylation sites (N-methyl/N-ethyl adjacent to an activating group) is 1. The summed E-state index contributed by atoms with van der Waals surface area (Å²) in [7, 11) is 1.26. The number of ether oxygens (including phenoxy) is 1. The zero-order valence-electron chi connectivity index (χ0n) is 6.53. The van der Waals surface area contributed by atoms with Gasteiger partial charge < -0.3 is 10.1 Å². The van der Waals surface area contributed by atoms with Gasteiger partial charge in [-0.15, -0.1) is 0 Å². The highest BCUT2D eigenvalue weighted by Gasteiger charge is 2.38. The lowest BCUT2D eigenvalue weighted by molar-refractivity contribution is -0.166. The quantitative estimate of drug-likeness (QED) is 0.685. The molecule has 0 aromatic rings. The van der Waals surface area contributed by atoms with Crippen LogP contribution in [-0.2, 0) is 4.74 Å². The molecule has 1 unspecified atom stereocenters. The van der Waals surface area contributed by atoms with Crippen LogP contribution in [0.5, 0.6) is 0 Å². The van der Waals surface area contributed by atoms with Gasteiger partial charge >= 0.3 is 6.18 Å². The Kier molecular flexibility index (Phi) is 4.44. The summed E-state index contributed by atoms with van der Waals surface area (Å²) in [6.07, 6.45) is -4.22. The van der Waals surface area contributed by atoms with Crippen molar-refractivity contribution in [3.63, 3.8) is 0 Å². The Morgan fingerprint density at radius 2 is 2.00 bits per heavy atom. The molecule has 11 heavy (non-hydrogen) atoms. The zero-order valence-corrected chi connectivity index (χ0v) is 6.53. The van der Waals surface area contributed by atoms with Gasteiger partial charge in [0.1, 0.15) is 6.04 Å². The van der Waals surface area contributed by atoms with Crippen molar-refractivity contribution >= 4 is 0 Å². The summed E-state index contributed by atoms with van der Waals surface area (Å²) in [6.45, 7) is 1.63. The highest BCUT2D eigenvalue weighted by Crippen LogP contribution is 2.19. The normalized spacial score (nSPS) is 15.0. The van der Waals surface area contributed by atoms with Crippen LogP contribution in [0.1, 0.15) is 6.92 Å². The van der Waals surface area contributed by atoms with E-state index >= 15 is 0 Å². The van der Waals surface area contributed by atoms with E-state index in [1.165, 1.54) is 7.05 Å². The van der Waals surface area contributed by atoms with Gasteiger partial charge in [0.05, 0.1) is 6.61 Å². The monoisotopic (exact) mass is 171 g/mol. The van der Waals surface area contributed by atoms with Crippen molar-refractivity contribution < 1.29 is 17.9 Å². The third-order valence-electron chi connectivity index (χ3n) is 1.23. The van der Waals surface area contributed by atoms with Crippen LogP contribution in [0.3, 0.4) is 0 Å². The third kappa shape index (κ3) is 4.21. The molecule has 0 bridgehead atoms. The van der Waals surface area contributed by atoms with Crippen LogP contribution in [0, 0.1) is 0 Å². The molecule has 1 atom stereocenters. The Hall–Kier alpha value is -0.290. The zero-order chi connectivity index (χ0) is 8.91. The molecule has 0 rings (SSSR count). The number of rotatable bonds is 4. The maximum atomic E-state index is 11.9. The molecule has 2 nitrogen and oxygen atoms in total. The third-order valence-corrected chi connectivity index (χ3v) is 1.23. The number of alkyl halides is 3. The van der Waals surface area contributed by atoms with Gasteiger partial charge in [0.2, 0.25) is 0 Å². The summed E-state index contributed by atoms with van der Waals surface area (Å²) in [5, 5.41) is 2.13. The average molecular weight is 171 g/mol. The Bertz CT molecular complexity index is 104. The van der Waals surface area contributed by atoms with Crippen LogP contribution in [0.25, 0.3) is 0 Å². The highest BCUT2D eigenvalue weighted by atomic mass is 19.4. The molecule has 0 fully saturated rings. The number of halogens is 3. The standard InChI is InChI=1S/C6H12F3NO/c1-3-11-4-5(10-2)6(7,8)9/h5,10H,3-4H2,1-2H3. The molecule has 68 valence electrons. The van der Waals surface area contributed by atoms with Crippen molar-refractivity contribution in [1.29, 1.82) is 0 Å². The second kappa shape index (κ2) is 4.56. The fourth-order valence-corrected chi connectivity index (χ4v) is 0.577. The van der Waals surface area contributed by atoms with Gasteiger partial charge in [-0.1, -0.05) is 0 Å². The number of hydrogen-bond donors (Lipinski definition) is 1. The Morgan fingerprint density at radius 3 is 2.27 bits per heavy atom. The van der Waals surface area contributed by atoms with Crippen molar-refractivity contribution in [2.75, 3.05) is 20.3 Å². The molecule has 0 saturated heterocycles. The first-order valence-electron chi connectivity index (χ1n) is 3.34. The molecule has 0 heterocycles. The van der Waals surface area contributed by atoms with Gasteiger partial charge in [-0.3, -0.25) is 0 Å². The molecule has 5 heteroatoms. The first-order valence-corrected chi connectivity index (χ1v) is 3.34. The van der Waals surface area contributed by atoms with Crippen molar-refractivity contribution in [3.8, 4) is 0 Å². The minimum atomic E-state index is -4.22. The van der Waals surface area contributed by atoms with Crippen molar-refractivity contribution in [2.45, 2.75) is 19.1 Å². The van der Waals surface area contributed by atoms with Gasteiger partial charge in [-0.05, 0) is 14.0 Å². The predicted octanol–water partition coefficient (Wildman–Crippen LogP) is 1.17. The van der Waals surface area contributed by atoms with Crippen LogP contribution in [-0.4, -0.2) is 32.5 Å². The molecule has 0 aromatic heterocycles. The number of nitrogens with one attached hydrogen (secondary N) is 1. The molecular formula is C6H12F3NO. The van der Waals surface area contributed by atoms with Gasteiger partial charge in [0.25, 0.3) is 0 Å². The summed E-state index contributed by atoms with van der Waals surface area (Å²) < 4.78 is 40.3. The largest absolute Gasteiger partial charge is 0.406 e. The molecular weight excluding hydrogens is 159 g/mol. The first kappa shape index (κ1) is 10.7. The van der Waals surface area contributed by atoms with Gasteiger partial charge in [-0.25, -0.2) is 0 Å². The summed E-state index contributed by atoms with van der Waals surface area (Å²) in [4.78, 5) is 0. The lowest BCUT2D eigenvalue weighted by atomic mass is 10.3. The van der Waals surface area contributed by atoms with E-state index in [1.807, 2.05) is 0 Å². The molecule has 0 aliphatic heterocycles. The summed E-state index contributed by atoms with van der Waals surface area (Å²) in [5.41, 5.74) is 0. The van der Waals surface area contributed by atoms with Crippen LogP contribution in [0.2, 0.25) is 0 Å². The van der Waals surface area contributed by atoms with Crippen LogP contribution < -0.4 is 5.32 Å². The van der Waals surface area contributed by atoms with Gasteiger partial charge in [0, 0.05) is 6.61 Å². The van der Waals surface area contributed by atoms with Crippen LogP contribution in [0.4, 0.5) is 13.2 Å². The SMILES string of the molecule is CCOCC(NC)C(F)(F)F. The van der Waals surface area contributed by atoms with Crippen LogP contribution >= 0.6 is 0 Å². The van der Waals surface area contributed by atoms with E-state index in [2.05, 4.69) is 10.1 Å². The van der Waals surface area contributed by atoms with E-state index in [9.17, 15) is 13.2 Å². The molecule has 0 saturated carbocycles. The second-order valence-corrected chi connectivity index (χ2v) is 2.04. The molecule has 1 N–H and O–H groups in total. The van der Waals surface area contributed by atoms with Gasteiger partial charge in [-0.2, -0.15) is 13.2 Å². The second-order valence-electron chi connectivity index (χ2n) is 2.04. The minimum Gasteiger partial charge on any atom is -0.380 e. The summed E-state index contributed by atoms with van der Waals surface area (Å²) in [6, 6.07) is -1.55. The van der Waals surface area contributed by atoms with Crippen LogP contribution in [0.15, 0.2) is 0 Å². The maximum absolute atomic E-state index is 11.9. The fraction of sp³-hybridized carbons (Fsp3) is 1.00. The Balaban J connectivity index is 3.76. The molecule has 0 spiro atoms.